The SMILES string of the molecule is OC1CCCC(CCCOCC(F)(F)F)C1. The summed E-state index contributed by atoms with van der Waals surface area (Å²) in [6, 6.07) is 0. The van der Waals surface area contributed by atoms with E-state index in [2.05, 4.69) is 4.74 Å². The Morgan fingerprint density at radius 2 is 2.00 bits per heavy atom. The second kappa shape index (κ2) is 6.45. The van der Waals surface area contributed by atoms with E-state index < -0.39 is 12.8 Å². The molecule has 0 saturated heterocycles. The lowest BCUT2D eigenvalue weighted by molar-refractivity contribution is -0.174. The third-order valence-corrected chi connectivity index (χ3v) is 2.92. The van der Waals surface area contributed by atoms with Crippen LogP contribution in [0.2, 0.25) is 0 Å². The zero-order chi connectivity index (χ0) is 12.0. The molecule has 2 unspecified atom stereocenters. The fourth-order valence-electron chi connectivity index (χ4n) is 2.19. The Kier molecular flexibility index (Phi) is 5.55. The number of alkyl halides is 3. The first-order valence-electron chi connectivity index (χ1n) is 5.80. The van der Waals surface area contributed by atoms with Crippen LogP contribution in [0.3, 0.4) is 0 Å². The van der Waals surface area contributed by atoms with Crippen molar-refractivity contribution in [2.24, 2.45) is 5.92 Å². The van der Waals surface area contributed by atoms with E-state index in [0.29, 0.717) is 12.3 Å². The Hall–Kier alpha value is -0.290. The van der Waals surface area contributed by atoms with Crippen molar-refractivity contribution >= 4 is 0 Å². The molecule has 16 heavy (non-hydrogen) atoms. The molecule has 96 valence electrons. The maximum Gasteiger partial charge on any atom is 0.411 e. The second-order valence-corrected chi connectivity index (χ2v) is 4.50. The number of rotatable bonds is 5. The quantitative estimate of drug-likeness (QED) is 0.749. The largest absolute Gasteiger partial charge is 0.411 e. The minimum atomic E-state index is -4.22. The number of aliphatic hydroxyl groups excluding tert-OH is 1. The van der Waals surface area contributed by atoms with Crippen molar-refractivity contribution in [1.82, 2.24) is 0 Å². The smallest absolute Gasteiger partial charge is 0.393 e. The molecule has 1 aliphatic carbocycles. The van der Waals surface area contributed by atoms with Crippen LogP contribution >= 0.6 is 0 Å². The highest BCUT2D eigenvalue weighted by Gasteiger charge is 2.27. The Labute approximate surface area is 93.8 Å². The predicted molar refractivity (Wildman–Crippen MR) is 54.1 cm³/mol. The van der Waals surface area contributed by atoms with Crippen LogP contribution in [0.25, 0.3) is 0 Å². The van der Waals surface area contributed by atoms with Crippen LogP contribution in [-0.4, -0.2) is 30.6 Å². The van der Waals surface area contributed by atoms with E-state index in [0.717, 1.165) is 32.1 Å². The fourth-order valence-corrected chi connectivity index (χ4v) is 2.19. The van der Waals surface area contributed by atoms with Gasteiger partial charge in [-0.1, -0.05) is 12.8 Å². The molecule has 0 bridgehead atoms. The molecule has 1 saturated carbocycles. The Bertz CT molecular complexity index is 194. The van der Waals surface area contributed by atoms with Crippen LogP contribution in [0.1, 0.15) is 38.5 Å². The molecule has 0 aromatic rings. The van der Waals surface area contributed by atoms with Crippen molar-refractivity contribution in [3.05, 3.63) is 0 Å². The van der Waals surface area contributed by atoms with Gasteiger partial charge in [-0.3, -0.25) is 0 Å². The number of hydrogen-bond acceptors (Lipinski definition) is 2. The minimum Gasteiger partial charge on any atom is -0.393 e. The van der Waals surface area contributed by atoms with E-state index in [9.17, 15) is 18.3 Å². The maximum absolute atomic E-state index is 11.7. The molecule has 1 fully saturated rings. The number of halogens is 3. The summed E-state index contributed by atoms with van der Waals surface area (Å²) < 4.78 is 39.7. The third kappa shape index (κ3) is 6.33. The van der Waals surface area contributed by atoms with Crippen LogP contribution in [-0.2, 0) is 4.74 Å². The molecule has 1 N–H and O–H groups in total. The number of hydrogen-bond donors (Lipinski definition) is 1. The van der Waals surface area contributed by atoms with Gasteiger partial charge in [0, 0.05) is 6.61 Å². The van der Waals surface area contributed by atoms with Gasteiger partial charge >= 0.3 is 6.18 Å². The first kappa shape index (κ1) is 13.8. The van der Waals surface area contributed by atoms with E-state index in [4.69, 9.17) is 0 Å². The zero-order valence-corrected chi connectivity index (χ0v) is 9.30. The Balaban J connectivity index is 1.98. The second-order valence-electron chi connectivity index (χ2n) is 4.50. The Morgan fingerprint density at radius 3 is 2.62 bits per heavy atom. The zero-order valence-electron chi connectivity index (χ0n) is 9.30. The van der Waals surface area contributed by atoms with Gasteiger partial charge in [-0.2, -0.15) is 13.2 Å². The third-order valence-electron chi connectivity index (χ3n) is 2.92. The molecule has 2 nitrogen and oxygen atoms in total. The number of aliphatic hydroxyl groups is 1. The average molecular weight is 240 g/mol. The van der Waals surface area contributed by atoms with E-state index in [1.54, 1.807) is 0 Å². The molecule has 0 spiro atoms. The molecule has 1 aliphatic rings. The summed E-state index contributed by atoms with van der Waals surface area (Å²) in [5.41, 5.74) is 0. The normalized spacial score (nSPS) is 27.0. The lowest BCUT2D eigenvalue weighted by Crippen LogP contribution is -2.20. The van der Waals surface area contributed by atoms with Crippen LogP contribution in [0.15, 0.2) is 0 Å². The standard InChI is InChI=1S/C11H19F3O2/c12-11(13,14)8-16-6-2-4-9-3-1-5-10(15)7-9/h9-10,15H,1-8H2. The fraction of sp³-hybridized carbons (Fsp3) is 1.00. The molecule has 0 radical (unpaired) electrons. The average Bonchev–Trinajstić information content (AvgIpc) is 2.15. The van der Waals surface area contributed by atoms with Crippen molar-refractivity contribution in [2.75, 3.05) is 13.2 Å². The first-order chi connectivity index (χ1) is 7.47. The lowest BCUT2D eigenvalue weighted by Gasteiger charge is -2.25. The van der Waals surface area contributed by atoms with Gasteiger partial charge in [-0.05, 0) is 31.6 Å². The van der Waals surface area contributed by atoms with Crippen molar-refractivity contribution in [2.45, 2.75) is 50.8 Å². The van der Waals surface area contributed by atoms with Crippen molar-refractivity contribution in [3.63, 3.8) is 0 Å². The molecule has 0 heterocycles. The summed E-state index contributed by atoms with van der Waals surface area (Å²) in [6.07, 6.45) is 0.824. The van der Waals surface area contributed by atoms with Gasteiger partial charge in [-0.25, -0.2) is 0 Å². The monoisotopic (exact) mass is 240 g/mol. The molecular formula is C11H19F3O2. The highest BCUT2D eigenvalue weighted by molar-refractivity contribution is 4.71. The maximum atomic E-state index is 11.7. The molecule has 1 rings (SSSR count). The highest BCUT2D eigenvalue weighted by Crippen LogP contribution is 2.27. The molecular weight excluding hydrogens is 221 g/mol. The molecule has 0 aromatic carbocycles. The number of ether oxygens (including phenoxy) is 1. The summed E-state index contributed by atoms with van der Waals surface area (Å²) in [4.78, 5) is 0. The van der Waals surface area contributed by atoms with Crippen LogP contribution < -0.4 is 0 Å². The van der Waals surface area contributed by atoms with E-state index in [-0.39, 0.29) is 12.7 Å². The van der Waals surface area contributed by atoms with Gasteiger partial charge in [0.05, 0.1) is 6.10 Å². The van der Waals surface area contributed by atoms with Crippen molar-refractivity contribution in [3.8, 4) is 0 Å². The van der Waals surface area contributed by atoms with E-state index in [1.165, 1.54) is 0 Å². The van der Waals surface area contributed by atoms with Crippen molar-refractivity contribution < 1.29 is 23.0 Å². The van der Waals surface area contributed by atoms with Crippen LogP contribution in [0.4, 0.5) is 13.2 Å². The summed E-state index contributed by atoms with van der Waals surface area (Å²) in [6.45, 7) is -0.994. The topological polar surface area (TPSA) is 29.5 Å². The van der Waals surface area contributed by atoms with Gasteiger partial charge in [0.1, 0.15) is 6.61 Å². The summed E-state index contributed by atoms with van der Waals surface area (Å²) in [5.74, 6) is 0.457. The first-order valence-corrected chi connectivity index (χ1v) is 5.80. The molecule has 2 atom stereocenters. The molecule has 0 aromatic heterocycles. The van der Waals surface area contributed by atoms with Gasteiger partial charge in [0.15, 0.2) is 0 Å². The summed E-state index contributed by atoms with van der Waals surface area (Å²) in [7, 11) is 0. The molecule has 5 heteroatoms. The van der Waals surface area contributed by atoms with Gasteiger partial charge in [0.2, 0.25) is 0 Å². The van der Waals surface area contributed by atoms with Gasteiger partial charge < -0.3 is 9.84 Å². The summed E-state index contributed by atoms with van der Waals surface area (Å²) in [5, 5.41) is 9.41. The van der Waals surface area contributed by atoms with Crippen LogP contribution in [0, 0.1) is 5.92 Å². The van der Waals surface area contributed by atoms with Crippen LogP contribution in [0.5, 0.6) is 0 Å². The van der Waals surface area contributed by atoms with E-state index >= 15 is 0 Å². The van der Waals surface area contributed by atoms with Gasteiger partial charge in [-0.15, -0.1) is 0 Å². The summed E-state index contributed by atoms with van der Waals surface area (Å²) >= 11 is 0. The van der Waals surface area contributed by atoms with E-state index in [1.807, 2.05) is 0 Å². The van der Waals surface area contributed by atoms with Crippen molar-refractivity contribution in [1.29, 1.82) is 0 Å². The predicted octanol–water partition coefficient (Wildman–Crippen LogP) is 2.90. The Morgan fingerprint density at radius 1 is 1.25 bits per heavy atom. The lowest BCUT2D eigenvalue weighted by atomic mass is 9.84. The van der Waals surface area contributed by atoms with Gasteiger partial charge in [0.25, 0.3) is 0 Å². The highest BCUT2D eigenvalue weighted by atomic mass is 19.4. The minimum absolute atomic E-state index is 0.159. The molecule has 0 aliphatic heterocycles. The molecule has 0 amide bonds.